The first-order chi connectivity index (χ1) is 11.5. The number of benzene rings is 2. The van der Waals surface area contributed by atoms with Crippen LogP contribution >= 0.6 is 15.9 Å². The summed E-state index contributed by atoms with van der Waals surface area (Å²) >= 11 is 3.21. The molecule has 2 amide bonds. The fraction of sp³-hybridized carbons (Fsp3) is 0.158. The molecule has 0 aliphatic carbocycles. The van der Waals surface area contributed by atoms with Crippen molar-refractivity contribution in [2.24, 2.45) is 5.73 Å². The Hall–Kier alpha value is -2.40. The van der Waals surface area contributed by atoms with Gasteiger partial charge in [-0.15, -0.1) is 0 Å². The Labute approximate surface area is 149 Å². The van der Waals surface area contributed by atoms with E-state index in [9.17, 15) is 9.59 Å². The molecule has 0 saturated heterocycles. The third-order valence-electron chi connectivity index (χ3n) is 3.61. The number of carbonyl (C=O) groups excluding carboxylic acids is 2. The van der Waals surface area contributed by atoms with Gasteiger partial charge in [0, 0.05) is 6.42 Å². The first-order valence-electron chi connectivity index (χ1n) is 7.52. The van der Waals surface area contributed by atoms with Gasteiger partial charge in [0.25, 0.3) is 0 Å². The van der Waals surface area contributed by atoms with Crippen molar-refractivity contribution in [2.45, 2.75) is 18.4 Å². The SMILES string of the molecule is C=C(Br)C[C@H](NC(=O)C(c1ccccc1)c1ccccc1)C(N)=O. The molecule has 5 heteroatoms. The fourth-order valence-electron chi connectivity index (χ4n) is 2.49. The smallest absolute Gasteiger partial charge is 0.240 e. The van der Waals surface area contributed by atoms with E-state index in [0.717, 1.165) is 11.1 Å². The van der Waals surface area contributed by atoms with Crippen LogP contribution in [0.3, 0.4) is 0 Å². The molecule has 0 saturated carbocycles. The van der Waals surface area contributed by atoms with Crippen LogP contribution in [0.5, 0.6) is 0 Å². The lowest BCUT2D eigenvalue weighted by Crippen LogP contribution is -2.46. The number of halogens is 1. The molecule has 124 valence electrons. The van der Waals surface area contributed by atoms with Crippen LogP contribution < -0.4 is 11.1 Å². The number of carbonyl (C=O) groups is 2. The summed E-state index contributed by atoms with van der Waals surface area (Å²) in [5.41, 5.74) is 7.09. The molecule has 0 spiro atoms. The lowest BCUT2D eigenvalue weighted by atomic mass is 9.90. The van der Waals surface area contributed by atoms with Crippen LogP contribution in [0.4, 0.5) is 0 Å². The molecule has 4 nitrogen and oxygen atoms in total. The van der Waals surface area contributed by atoms with E-state index in [1.54, 1.807) is 0 Å². The highest BCUT2D eigenvalue weighted by atomic mass is 79.9. The van der Waals surface area contributed by atoms with Crippen molar-refractivity contribution in [1.29, 1.82) is 0 Å². The molecule has 0 fully saturated rings. The molecule has 1 atom stereocenters. The maximum atomic E-state index is 12.9. The van der Waals surface area contributed by atoms with Gasteiger partial charge in [-0.3, -0.25) is 9.59 Å². The largest absolute Gasteiger partial charge is 0.368 e. The van der Waals surface area contributed by atoms with Crippen molar-refractivity contribution in [3.63, 3.8) is 0 Å². The molecular formula is C19H19BrN2O2. The maximum absolute atomic E-state index is 12.9. The summed E-state index contributed by atoms with van der Waals surface area (Å²) in [5, 5.41) is 2.74. The lowest BCUT2D eigenvalue weighted by molar-refractivity contribution is -0.127. The summed E-state index contributed by atoms with van der Waals surface area (Å²) in [7, 11) is 0. The molecule has 24 heavy (non-hydrogen) atoms. The molecule has 2 aromatic rings. The standard InChI is InChI=1S/C19H19BrN2O2/c1-13(20)12-16(18(21)23)22-19(24)17(14-8-4-2-5-9-14)15-10-6-3-7-11-15/h2-11,16-17H,1,12H2,(H2,21,23)(H,22,24)/t16-/m0/s1. The topological polar surface area (TPSA) is 72.2 Å². The van der Waals surface area contributed by atoms with Crippen molar-refractivity contribution in [2.75, 3.05) is 0 Å². The zero-order valence-electron chi connectivity index (χ0n) is 13.1. The van der Waals surface area contributed by atoms with Crippen LogP contribution in [0.1, 0.15) is 23.5 Å². The first-order valence-corrected chi connectivity index (χ1v) is 8.31. The van der Waals surface area contributed by atoms with E-state index >= 15 is 0 Å². The number of rotatable bonds is 7. The molecule has 0 aliphatic heterocycles. The van der Waals surface area contributed by atoms with E-state index in [1.165, 1.54) is 0 Å². The second-order valence-electron chi connectivity index (χ2n) is 5.44. The quantitative estimate of drug-likeness (QED) is 0.767. The highest BCUT2D eigenvalue weighted by molar-refractivity contribution is 9.11. The predicted octanol–water partition coefficient (Wildman–Crippen LogP) is 3.09. The van der Waals surface area contributed by atoms with E-state index < -0.39 is 17.9 Å². The Morgan fingerprint density at radius 1 is 1.00 bits per heavy atom. The van der Waals surface area contributed by atoms with Crippen LogP contribution in [-0.2, 0) is 9.59 Å². The van der Waals surface area contributed by atoms with E-state index in [1.807, 2.05) is 60.7 Å². The molecular weight excluding hydrogens is 368 g/mol. The van der Waals surface area contributed by atoms with Gasteiger partial charge in [0.1, 0.15) is 6.04 Å². The van der Waals surface area contributed by atoms with Crippen LogP contribution in [0.15, 0.2) is 71.7 Å². The Kier molecular flexibility index (Phi) is 6.32. The van der Waals surface area contributed by atoms with Crippen LogP contribution in [0.2, 0.25) is 0 Å². The third-order valence-corrected chi connectivity index (χ3v) is 3.94. The van der Waals surface area contributed by atoms with E-state index in [2.05, 4.69) is 27.8 Å². The van der Waals surface area contributed by atoms with Crippen LogP contribution in [-0.4, -0.2) is 17.9 Å². The van der Waals surface area contributed by atoms with Gasteiger partial charge in [0.2, 0.25) is 11.8 Å². The molecule has 2 aromatic carbocycles. The molecule has 0 aromatic heterocycles. The Bertz CT molecular complexity index is 677. The first kappa shape index (κ1) is 17.9. The fourth-order valence-corrected chi connectivity index (χ4v) is 2.81. The minimum atomic E-state index is -0.806. The monoisotopic (exact) mass is 386 g/mol. The second-order valence-corrected chi connectivity index (χ2v) is 6.56. The van der Waals surface area contributed by atoms with E-state index in [0.29, 0.717) is 4.48 Å². The summed E-state index contributed by atoms with van der Waals surface area (Å²) in [6.07, 6.45) is 0.247. The molecule has 0 bridgehead atoms. The highest BCUT2D eigenvalue weighted by Crippen LogP contribution is 2.25. The minimum Gasteiger partial charge on any atom is -0.368 e. The zero-order chi connectivity index (χ0) is 17.5. The van der Waals surface area contributed by atoms with Gasteiger partial charge in [-0.1, -0.05) is 83.2 Å². The summed E-state index contributed by atoms with van der Waals surface area (Å²) < 4.78 is 0.600. The number of amides is 2. The number of nitrogens with one attached hydrogen (secondary N) is 1. The summed E-state index contributed by atoms with van der Waals surface area (Å²) in [5.74, 6) is -1.38. The van der Waals surface area contributed by atoms with Gasteiger partial charge in [0.15, 0.2) is 0 Å². The average Bonchev–Trinajstić information content (AvgIpc) is 2.56. The van der Waals surface area contributed by atoms with Crippen LogP contribution in [0.25, 0.3) is 0 Å². The van der Waals surface area contributed by atoms with Crippen molar-refractivity contribution >= 4 is 27.7 Å². The molecule has 0 aliphatic rings. The van der Waals surface area contributed by atoms with Gasteiger partial charge in [0.05, 0.1) is 5.92 Å². The van der Waals surface area contributed by atoms with Crippen molar-refractivity contribution < 1.29 is 9.59 Å². The molecule has 3 N–H and O–H groups in total. The zero-order valence-corrected chi connectivity index (χ0v) is 14.7. The summed E-state index contributed by atoms with van der Waals surface area (Å²) in [4.78, 5) is 24.5. The number of primary amides is 1. The van der Waals surface area contributed by atoms with Gasteiger partial charge < -0.3 is 11.1 Å². The third kappa shape index (κ3) is 4.80. The molecule has 0 radical (unpaired) electrons. The lowest BCUT2D eigenvalue weighted by Gasteiger charge is -2.21. The Balaban J connectivity index is 2.32. The van der Waals surface area contributed by atoms with Gasteiger partial charge in [-0.2, -0.15) is 0 Å². The number of hydrogen-bond donors (Lipinski definition) is 2. The Morgan fingerprint density at radius 2 is 1.46 bits per heavy atom. The van der Waals surface area contributed by atoms with E-state index in [-0.39, 0.29) is 12.3 Å². The molecule has 2 rings (SSSR count). The van der Waals surface area contributed by atoms with Crippen molar-refractivity contribution in [3.8, 4) is 0 Å². The molecule has 0 heterocycles. The molecule has 0 unspecified atom stereocenters. The average molecular weight is 387 g/mol. The minimum absolute atomic E-state index is 0.247. The van der Waals surface area contributed by atoms with Crippen molar-refractivity contribution in [1.82, 2.24) is 5.32 Å². The van der Waals surface area contributed by atoms with Crippen LogP contribution in [0, 0.1) is 0 Å². The van der Waals surface area contributed by atoms with Gasteiger partial charge >= 0.3 is 0 Å². The number of nitrogens with two attached hydrogens (primary N) is 1. The normalized spacial score (nSPS) is 11.8. The van der Waals surface area contributed by atoms with E-state index in [4.69, 9.17) is 5.73 Å². The maximum Gasteiger partial charge on any atom is 0.240 e. The van der Waals surface area contributed by atoms with Gasteiger partial charge in [-0.25, -0.2) is 0 Å². The highest BCUT2D eigenvalue weighted by Gasteiger charge is 2.26. The summed E-state index contributed by atoms with van der Waals surface area (Å²) in [6, 6.07) is 18.1. The number of hydrogen-bond acceptors (Lipinski definition) is 2. The summed E-state index contributed by atoms with van der Waals surface area (Å²) in [6.45, 7) is 3.70. The second kappa shape index (κ2) is 8.45. The predicted molar refractivity (Wildman–Crippen MR) is 98.5 cm³/mol. The van der Waals surface area contributed by atoms with Gasteiger partial charge in [-0.05, 0) is 15.6 Å². The van der Waals surface area contributed by atoms with Crippen molar-refractivity contribution in [3.05, 3.63) is 82.9 Å². The Morgan fingerprint density at radius 3 is 1.83 bits per heavy atom.